The molecule has 1 aliphatic heterocycles. The molecule has 2 fully saturated rings. The van der Waals surface area contributed by atoms with Gasteiger partial charge in [0, 0.05) is 12.8 Å². The highest BCUT2D eigenvalue weighted by Gasteiger charge is 2.62. The van der Waals surface area contributed by atoms with Crippen molar-refractivity contribution in [1.29, 1.82) is 0 Å². The maximum absolute atomic E-state index is 6.64. The van der Waals surface area contributed by atoms with Gasteiger partial charge in [0.05, 0.1) is 24.7 Å². The molecule has 1 spiro atoms. The molecule has 5 aliphatic rings. The Labute approximate surface area is 190 Å². The third-order valence-electron chi connectivity index (χ3n) is 9.38. The van der Waals surface area contributed by atoms with Crippen LogP contribution in [0.1, 0.15) is 65.2 Å². The van der Waals surface area contributed by atoms with E-state index in [-0.39, 0.29) is 22.7 Å². The van der Waals surface area contributed by atoms with Gasteiger partial charge in [0.2, 0.25) is 0 Å². The first-order valence-corrected chi connectivity index (χ1v) is 15.9. The van der Waals surface area contributed by atoms with Crippen molar-refractivity contribution in [2.24, 2.45) is 22.7 Å². The van der Waals surface area contributed by atoms with Crippen LogP contribution in [-0.2, 0) is 13.9 Å². The van der Waals surface area contributed by atoms with Crippen molar-refractivity contribution in [2.45, 2.75) is 96.7 Å². The predicted molar refractivity (Wildman–Crippen MR) is 127 cm³/mol. The second kappa shape index (κ2) is 7.32. The molecule has 5 atom stereocenters. The maximum atomic E-state index is 6.64. The molecule has 1 saturated heterocycles. The van der Waals surface area contributed by atoms with Crippen molar-refractivity contribution in [3.05, 3.63) is 22.8 Å². The summed E-state index contributed by atoms with van der Waals surface area (Å²) in [6.07, 6.45) is 18.0. The smallest absolute Gasteiger partial charge is 0.184 e. The molecule has 1 heterocycles. The predicted octanol–water partition coefficient (Wildman–Crippen LogP) is 6.23. The Bertz CT molecular complexity index is 853. The molecule has 0 N–H and O–H groups in total. The van der Waals surface area contributed by atoms with Gasteiger partial charge in [-0.1, -0.05) is 24.5 Å². The minimum absolute atomic E-state index is 0.124. The minimum Gasteiger partial charge on any atom is -0.413 e. The van der Waals surface area contributed by atoms with Crippen LogP contribution in [0.5, 0.6) is 0 Å². The first kappa shape index (κ1) is 22.0. The van der Waals surface area contributed by atoms with E-state index in [1.54, 1.807) is 16.7 Å². The van der Waals surface area contributed by atoms with Gasteiger partial charge < -0.3 is 13.9 Å². The molecule has 4 heteroatoms. The van der Waals surface area contributed by atoms with Gasteiger partial charge in [-0.15, -0.1) is 6.42 Å². The second-order valence-corrected chi connectivity index (χ2v) is 16.4. The van der Waals surface area contributed by atoms with Gasteiger partial charge in [-0.05, 0) is 93.5 Å². The third-order valence-corrected chi connectivity index (χ3v) is 10.4. The highest BCUT2D eigenvalue weighted by atomic mass is 28.4. The highest BCUT2D eigenvalue weighted by molar-refractivity contribution is 6.69. The lowest BCUT2D eigenvalue weighted by molar-refractivity contribution is -0.164. The van der Waals surface area contributed by atoms with E-state index in [0.717, 1.165) is 45.3 Å². The lowest BCUT2D eigenvalue weighted by atomic mass is 9.52. The zero-order valence-electron chi connectivity index (χ0n) is 20.2. The summed E-state index contributed by atoms with van der Waals surface area (Å²) in [5, 5.41) is 0. The van der Waals surface area contributed by atoms with Crippen molar-refractivity contribution in [3.8, 4) is 12.3 Å². The fourth-order valence-corrected chi connectivity index (χ4v) is 9.28. The third kappa shape index (κ3) is 3.26. The Morgan fingerprint density at radius 1 is 1.16 bits per heavy atom. The van der Waals surface area contributed by atoms with E-state index >= 15 is 0 Å². The summed E-state index contributed by atoms with van der Waals surface area (Å²) in [5.74, 6) is 4.36. The summed E-state index contributed by atoms with van der Waals surface area (Å²) < 4.78 is 18.7. The quantitative estimate of drug-likeness (QED) is 0.385. The highest BCUT2D eigenvalue weighted by Crippen LogP contribution is 2.67. The van der Waals surface area contributed by atoms with Crippen LogP contribution in [-0.4, -0.2) is 33.4 Å². The van der Waals surface area contributed by atoms with Crippen LogP contribution < -0.4 is 0 Å². The number of fused-ring (bicyclic) bond motifs is 4. The fourth-order valence-electron chi connectivity index (χ4n) is 8.02. The summed E-state index contributed by atoms with van der Waals surface area (Å²) in [5.41, 5.74) is 4.88. The van der Waals surface area contributed by atoms with Gasteiger partial charge >= 0.3 is 0 Å². The number of hydrogen-bond acceptors (Lipinski definition) is 3. The molecule has 0 unspecified atom stereocenters. The number of allylic oxidation sites excluding steroid dienone is 3. The molecule has 0 aromatic heterocycles. The molecule has 1 saturated carbocycles. The summed E-state index contributed by atoms with van der Waals surface area (Å²) in [4.78, 5) is 0. The van der Waals surface area contributed by atoms with Gasteiger partial charge in [0.25, 0.3) is 0 Å². The molecule has 0 bridgehead atoms. The largest absolute Gasteiger partial charge is 0.413 e. The van der Waals surface area contributed by atoms with E-state index in [2.05, 4.69) is 45.5 Å². The lowest BCUT2D eigenvalue weighted by Crippen LogP contribution is -2.51. The Morgan fingerprint density at radius 2 is 1.90 bits per heavy atom. The first-order valence-electron chi connectivity index (χ1n) is 12.5. The van der Waals surface area contributed by atoms with Crippen LogP contribution in [0.25, 0.3) is 0 Å². The van der Waals surface area contributed by atoms with Crippen LogP contribution in [0.2, 0.25) is 19.6 Å². The van der Waals surface area contributed by atoms with Crippen molar-refractivity contribution in [1.82, 2.24) is 0 Å². The zero-order valence-corrected chi connectivity index (χ0v) is 21.2. The van der Waals surface area contributed by atoms with Gasteiger partial charge in [0.15, 0.2) is 14.1 Å². The van der Waals surface area contributed by atoms with Crippen molar-refractivity contribution in [2.75, 3.05) is 13.2 Å². The zero-order chi connectivity index (χ0) is 22.1. The van der Waals surface area contributed by atoms with E-state index in [4.69, 9.17) is 20.3 Å². The molecule has 170 valence electrons. The maximum Gasteiger partial charge on any atom is 0.184 e. The van der Waals surface area contributed by atoms with Crippen molar-refractivity contribution < 1.29 is 13.9 Å². The molecular formula is C27H40O3Si. The molecule has 4 aliphatic carbocycles. The minimum atomic E-state index is -1.66. The van der Waals surface area contributed by atoms with Gasteiger partial charge in [-0.25, -0.2) is 0 Å². The van der Waals surface area contributed by atoms with E-state index in [0.29, 0.717) is 11.8 Å². The average molecular weight is 441 g/mol. The summed E-state index contributed by atoms with van der Waals surface area (Å²) >= 11 is 0. The van der Waals surface area contributed by atoms with Gasteiger partial charge in [0.1, 0.15) is 0 Å². The van der Waals surface area contributed by atoms with Crippen LogP contribution in [0.3, 0.4) is 0 Å². The number of hydrogen-bond donors (Lipinski definition) is 0. The van der Waals surface area contributed by atoms with E-state index in [9.17, 15) is 0 Å². The van der Waals surface area contributed by atoms with Crippen LogP contribution in [0.4, 0.5) is 0 Å². The van der Waals surface area contributed by atoms with E-state index in [1.807, 2.05) is 0 Å². The molecule has 0 amide bonds. The molecule has 0 aromatic carbocycles. The Balaban J connectivity index is 1.46. The van der Waals surface area contributed by atoms with Gasteiger partial charge in [-0.2, -0.15) is 0 Å². The molecule has 3 nitrogen and oxygen atoms in total. The van der Waals surface area contributed by atoms with Crippen molar-refractivity contribution in [3.63, 3.8) is 0 Å². The molecule has 0 radical (unpaired) electrons. The van der Waals surface area contributed by atoms with E-state index in [1.165, 1.54) is 19.3 Å². The molecular weight excluding hydrogens is 400 g/mol. The SMILES string of the molecule is C#C[C@]1([C@@H](C)O[Si](C)(C)C)CC[C@H]2[C@@H]3CCC4=C(CCC5(C4)OCCO5)C3=CC[C@@]21C. The number of terminal acetylenes is 1. The summed E-state index contributed by atoms with van der Waals surface area (Å²) in [7, 11) is -1.66. The van der Waals surface area contributed by atoms with Crippen LogP contribution >= 0.6 is 0 Å². The summed E-state index contributed by atoms with van der Waals surface area (Å²) in [6, 6.07) is 0. The fraction of sp³-hybridized carbons (Fsp3) is 0.778. The number of ether oxygens (including phenoxy) is 2. The van der Waals surface area contributed by atoms with Crippen LogP contribution in [0.15, 0.2) is 22.8 Å². The monoisotopic (exact) mass is 440 g/mol. The first-order chi connectivity index (χ1) is 14.6. The van der Waals surface area contributed by atoms with Crippen molar-refractivity contribution >= 4 is 8.32 Å². The van der Waals surface area contributed by atoms with Gasteiger partial charge in [-0.3, -0.25) is 0 Å². The van der Waals surface area contributed by atoms with E-state index < -0.39 is 8.32 Å². The Morgan fingerprint density at radius 3 is 2.58 bits per heavy atom. The normalized spacial score (nSPS) is 40.1. The molecule has 31 heavy (non-hydrogen) atoms. The molecule has 0 aromatic rings. The lowest BCUT2D eigenvalue weighted by Gasteiger charge is -2.53. The standard InChI is InChI=1S/C27H40O3Si/c1-7-26(19(2)30-31(4,5)6)14-12-24-23-9-8-20-18-27(28-16-17-29-27)15-11-21(20)22(23)10-13-25(24,26)3/h1,10,19,23-24H,8-9,11-18H2,2-6H3/t19-,23-,24+,25+,26-/m1/s1. The Kier molecular flexibility index (Phi) is 5.18. The topological polar surface area (TPSA) is 27.7 Å². The summed E-state index contributed by atoms with van der Waals surface area (Å²) in [6.45, 7) is 13.1. The van der Waals surface area contributed by atoms with Crippen LogP contribution in [0, 0.1) is 35.0 Å². The Hall–Kier alpha value is -0.863. The second-order valence-electron chi connectivity index (χ2n) is 11.9. The molecule has 5 rings (SSSR count). The number of rotatable bonds is 3. The average Bonchev–Trinajstić information content (AvgIpc) is 3.28.